The number of phosphoric ester groups is 1. The first-order chi connectivity index (χ1) is 13.0. The summed E-state index contributed by atoms with van der Waals surface area (Å²) >= 11 is 0. The van der Waals surface area contributed by atoms with Gasteiger partial charge in [-0.2, -0.15) is 0 Å². The Labute approximate surface area is 168 Å². The molecule has 0 saturated heterocycles. The van der Waals surface area contributed by atoms with E-state index < -0.39 is 7.82 Å². The summed E-state index contributed by atoms with van der Waals surface area (Å²) in [6.45, 7) is 6.50. The summed E-state index contributed by atoms with van der Waals surface area (Å²) in [4.78, 5) is 11.5. The van der Waals surface area contributed by atoms with Gasteiger partial charge in [0.05, 0.1) is 13.2 Å². The van der Waals surface area contributed by atoms with Gasteiger partial charge in [0, 0.05) is 0 Å². The van der Waals surface area contributed by atoms with E-state index >= 15 is 0 Å². The van der Waals surface area contributed by atoms with Crippen molar-refractivity contribution in [3.8, 4) is 0 Å². The Balaban J connectivity index is 3.29. The summed E-state index contributed by atoms with van der Waals surface area (Å²) in [6.07, 6.45) is 21.9. The number of hydrogen-bond donors (Lipinski definition) is 0. The first-order valence-corrected chi connectivity index (χ1v) is 12.7. The molecule has 0 radical (unpaired) electrons. The van der Waals surface area contributed by atoms with Gasteiger partial charge < -0.3 is 13.9 Å². The highest BCUT2D eigenvalue weighted by molar-refractivity contribution is 7.45. The van der Waals surface area contributed by atoms with E-state index in [-0.39, 0.29) is 19.1 Å². The normalized spacial score (nSPS) is 14.3. The van der Waals surface area contributed by atoms with Crippen molar-refractivity contribution in [1.82, 2.24) is 0 Å². The molecule has 0 amide bonds. The zero-order valence-electron chi connectivity index (χ0n) is 18.1. The van der Waals surface area contributed by atoms with Crippen molar-refractivity contribution in [1.29, 1.82) is 0 Å². The third-order valence-electron chi connectivity index (χ3n) is 4.47. The van der Waals surface area contributed by atoms with Crippen molar-refractivity contribution >= 4 is 7.82 Å². The molecule has 0 aromatic rings. The van der Waals surface area contributed by atoms with Gasteiger partial charge in [-0.05, 0) is 38.0 Å². The number of unbranched alkanes of at least 4 members (excludes halogenated alkanes) is 12. The number of phosphoric acid groups is 1. The molecule has 0 heterocycles. The summed E-state index contributed by atoms with van der Waals surface area (Å²) in [5, 5.41) is 0. The molecule has 0 N–H and O–H groups in total. The van der Waals surface area contributed by atoms with Crippen LogP contribution in [-0.2, 0) is 13.6 Å². The third-order valence-corrected chi connectivity index (χ3v) is 5.44. The molecule has 5 heteroatoms. The van der Waals surface area contributed by atoms with Gasteiger partial charge in [0.15, 0.2) is 0 Å². The number of hydrogen-bond acceptors (Lipinski definition) is 4. The lowest BCUT2D eigenvalue weighted by atomic mass is 10.1. The van der Waals surface area contributed by atoms with Crippen LogP contribution in [0.15, 0.2) is 12.2 Å². The van der Waals surface area contributed by atoms with Crippen LogP contribution in [0, 0.1) is 5.92 Å². The van der Waals surface area contributed by atoms with E-state index in [0.29, 0.717) is 0 Å². The maximum absolute atomic E-state index is 11.5. The SMILES string of the molecule is CCCCCCCC/C=C\CCCCCCCCOP(=O)([O-])OCC(C)C. The lowest BCUT2D eigenvalue weighted by Crippen LogP contribution is -2.12. The van der Waals surface area contributed by atoms with Gasteiger partial charge in [-0.3, -0.25) is 4.57 Å². The zero-order valence-corrected chi connectivity index (χ0v) is 19.0. The Morgan fingerprint density at radius 1 is 0.778 bits per heavy atom. The van der Waals surface area contributed by atoms with Crippen molar-refractivity contribution in [2.75, 3.05) is 13.2 Å². The zero-order chi connectivity index (χ0) is 20.2. The predicted octanol–water partition coefficient (Wildman–Crippen LogP) is 7.18. The summed E-state index contributed by atoms with van der Waals surface area (Å²) in [7, 11) is -4.09. The molecule has 0 bridgehead atoms. The maximum atomic E-state index is 11.5. The molecule has 0 fully saturated rings. The first kappa shape index (κ1) is 26.9. The first-order valence-electron chi connectivity index (χ1n) is 11.2. The Kier molecular flexibility index (Phi) is 19.1. The Morgan fingerprint density at radius 3 is 1.78 bits per heavy atom. The number of allylic oxidation sites excluding steroid dienone is 2. The molecule has 0 aliphatic carbocycles. The molecule has 0 aliphatic heterocycles. The average molecular weight is 404 g/mol. The van der Waals surface area contributed by atoms with Crippen LogP contribution in [-0.4, -0.2) is 13.2 Å². The topological polar surface area (TPSA) is 58.6 Å². The summed E-state index contributed by atoms with van der Waals surface area (Å²) in [5.74, 6) is 0.182. The third kappa shape index (κ3) is 22.0. The van der Waals surface area contributed by atoms with Gasteiger partial charge in [0.1, 0.15) is 0 Å². The van der Waals surface area contributed by atoms with Crippen LogP contribution in [0.4, 0.5) is 0 Å². The van der Waals surface area contributed by atoms with E-state index in [0.717, 1.165) is 19.3 Å². The molecule has 0 aromatic heterocycles. The van der Waals surface area contributed by atoms with E-state index in [2.05, 4.69) is 19.1 Å². The monoisotopic (exact) mass is 403 g/mol. The van der Waals surface area contributed by atoms with Crippen molar-refractivity contribution in [2.45, 2.75) is 111 Å². The van der Waals surface area contributed by atoms with Crippen molar-refractivity contribution < 1.29 is 18.5 Å². The second-order valence-electron chi connectivity index (χ2n) is 7.91. The fourth-order valence-corrected chi connectivity index (χ4v) is 3.71. The molecule has 4 nitrogen and oxygen atoms in total. The smallest absolute Gasteiger partial charge is 0.267 e. The molecular formula is C22H44O4P-. The van der Waals surface area contributed by atoms with E-state index in [1.165, 1.54) is 70.6 Å². The minimum Gasteiger partial charge on any atom is -0.756 e. The summed E-state index contributed by atoms with van der Waals surface area (Å²) in [6, 6.07) is 0. The van der Waals surface area contributed by atoms with E-state index in [1.807, 2.05) is 13.8 Å². The van der Waals surface area contributed by atoms with Crippen molar-refractivity contribution in [3.05, 3.63) is 12.2 Å². The van der Waals surface area contributed by atoms with Crippen LogP contribution in [0.25, 0.3) is 0 Å². The van der Waals surface area contributed by atoms with Crippen LogP contribution in [0.3, 0.4) is 0 Å². The van der Waals surface area contributed by atoms with Gasteiger partial charge in [-0.1, -0.05) is 90.7 Å². The number of rotatable bonds is 20. The molecule has 27 heavy (non-hydrogen) atoms. The van der Waals surface area contributed by atoms with Gasteiger partial charge in [0.2, 0.25) is 0 Å². The van der Waals surface area contributed by atoms with Gasteiger partial charge in [-0.25, -0.2) is 0 Å². The minimum atomic E-state index is -4.09. The fourth-order valence-electron chi connectivity index (χ4n) is 2.80. The van der Waals surface area contributed by atoms with Gasteiger partial charge in [0.25, 0.3) is 7.82 Å². The highest BCUT2D eigenvalue weighted by atomic mass is 31.2. The molecule has 0 spiro atoms. The maximum Gasteiger partial charge on any atom is 0.267 e. The lowest BCUT2D eigenvalue weighted by Gasteiger charge is -2.23. The second kappa shape index (κ2) is 19.2. The molecule has 0 saturated carbocycles. The predicted molar refractivity (Wildman–Crippen MR) is 114 cm³/mol. The van der Waals surface area contributed by atoms with Gasteiger partial charge in [-0.15, -0.1) is 0 Å². The average Bonchev–Trinajstić information content (AvgIpc) is 2.62. The highest BCUT2D eigenvalue weighted by Gasteiger charge is 2.09. The Bertz CT molecular complexity index is 383. The van der Waals surface area contributed by atoms with Crippen molar-refractivity contribution in [2.24, 2.45) is 5.92 Å². The molecule has 0 aromatic carbocycles. The van der Waals surface area contributed by atoms with E-state index in [9.17, 15) is 9.46 Å². The molecule has 0 rings (SSSR count). The summed E-state index contributed by atoms with van der Waals surface area (Å²) in [5.41, 5.74) is 0. The van der Waals surface area contributed by atoms with Crippen LogP contribution in [0.1, 0.15) is 111 Å². The molecule has 1 atom stereocenters. The molecule has 1 unspecified atom stereocenters. The lowest BCUT2D eigenvalue weighted by molar-refractivity contribution is -0.226. The molecule has 0 aliphatic rings. The molecule has 162 valence electrons. The fraction of sp³-hybridized carbons (Fsp3) is 0.909. The van der Waals surface area contributed by atoms with E-state index in [1.54, 1.807) is 0 Å². The largest absolute Gasteiger partial charge is 0.756 e. The Hall–Kier alpha value is -0.150. The highest BCUT2D eigenvalue weighted by Crippen LogP contribution is 2.38. The van der Waals surface area contributed by atoms with Crippen LogP contribution < -0.4 is 4.89 Å². The second-order valence-corrected chi connectivity index (χ2v) is 9.32. The van der Waals surface area contributed by atoms with Gasteiger partial charge >= 0.3 is 0 Å². The summed E-state index contributed by atoms with van der Waals surface area (Å²) < 4.78 is 21.1. The standard InChI is InChI=1S/C22H45O4P/c1-4-5-6-7-8-9-10-11-12-13-14-15-16-17-18-19-20-25-27(23,24)26-21-22(2)3/h11-12,22H,4-10,13-21H2,1-3H3,(H,23,24)/p-1/b12-11-. The van der Waals surface area contributed by atoms with Crippen LogP contribution in [0.5, 0.6) is 0 Å². The van der Waals surface area contributed by atoms with Crippen LogP contribution in [0.2, 0.25) is 0 Å². The minimum absolute atomic E-state index is 0.182. The quantitative estimate of drug-likeness (QED) is 0.123. The van der Waals surface area contributed by atoms with E-state index in [4.69, 9.17) is 9.05 Å². The Morgan fingerprint density at radius 2 is 1.26 bits per heavy atom. The molecular weight excluding hydrogens is 359 g/mol. The van der Waals surface area contributed by atoms with Crippen molar-refractivity contribution in [3.63, 3.8) is 0 Å². The van der Waals surface area contributed by atoms with Crippen LogP contribution >= 0.6 is 7.82 Å².